The van der Waals surface area contributed by atoms with Gasteiger partial charge in [0, 0.05) is 19.7 Å². The Morgan fingerprint density at radius 3 is 2.46 bits per heavy atom. The molecule has 1 aromatic carbocycles. The molecule has 24 heavy (non-hydrogen) atoms. The van der Waals surface area contributed by atoms with Gasteiger partial charge in [-0.2, -0.15) is 0 Å². The summed E-state index contributed by atoms with van der Waals surface area (Å²) in [5.74, 6) is -0.392. The van der Waals surface area contributed by atoms with Crippen LogP contribution < -0.4 is 4.74 Å². The Labute approximate surface area is 143 Å². The van der Waals surface area contributed by atoms with Gasteiger partial charge in [-0.3, -0.25) is 9.59 Å². The van der Waals surface area contributed by atoms with Crippen molar-refractivity contribution in [1.29, 1.82) is 0 Å². The van der Waals surface area contributed by atoms with Gasteiger partial charge in [0.2, 0.25) is 0 Å². The molecule has 134 valence electrons. The molecule has 6 heteroatoms. The second-order valence-corrected chi connectivity index (χ2v) is 5.63. The maximum absolute atomic E-state index is 12.4. The molecule has 1 rings (SSSR count). The molecule has 1 atom stereocenters. The summed E-state index contributed by atoms with van der Waals surface area (Å²) in [5.41, 5.74) is 1.20. The second kappa shape index (κ2) is 10.6. The Hall–Kier alpha value is -2.08. The number of carbonyl (C=O) groups excluding carboxylic acids is 2. The number of esters is 1. The lowest BCUT2D eigenvalue weighted by atomic mass is 10.1. The van der Waals surface area contributed by atoms with Crippen molar-refractivity contribution < 1.29 is 24.2 Å². The fourth-order valence-corrected chi connectivity index (χ4v) is 2.24. The van der Waals surface area contributed by atoms with Crippen LogP contribution in [0.15, 0.2) is 24.3 Å². The first-order valence-corrected chi connectivity index (χ1v) is 8.20. The van der Waals surface area contributed by atoms with Crippen molar-refractivity contribution in [2.24, 2.45) is 5.92 Å². The molecule has 0 saturated heterocycles. The molecular formula is C18H27NO5. The van der Waals surface area contributed by atoms with Crippen molar-refractivity contribution >= 4 is 11.9 Å². The van der Waals surface area contributed by atoms with Crippen LogP contribution in [0.5, 0.6) is 5.75 Å². The van der Waals surface area contributed by atoms with Crippen molar-refractivity contribution in [1.82, 2.24) is 4.90 Å². The minimum absolute atomic E-state index is 0.0181. The predicted octanol–water partition coefficient (Wildman–Crippen LogP) is 1.65. The number of benzene rings is 1. The standard InChI is InChI=1S/C18H27NO5/c1-4-15-6-8-16(9-7-15)24-13-17(21)19(10-5-11-20)12-14(2)18(22)23-3/h6-9,14,20H,4-5,10-13H2,1-3H3. The summed E-state index contributed by atoms with van der Waals surface area (Å²) >= 11 is 0. The largest absolute Gasteiger partial charge is 0.484 e. The summed E-state index contributed by atoms with van der Waals surface area (Å²) in [7, 11) is 1.32. The van der Waals surface area contributed by atoms with E-state index in [4.69, 9.17) is 14.6 Å². The van der Waals surface area contributed by atoms with Gasteiger partial charge in [-0.15, -0.1) is 0 Å². The van der Waals surface area contributed by atoms with Gasteiger partial charge in [0.1, 0.15) is 5.75 Å². The molecule has 0 bridgehead atoms. The van der Waals surface area contributed by atoms with Crippen LogP contribution in [-0.4, -0.2) is 55.3 Å². The third-order valence-electron chi connectivity index (χ3n) is 3.73. The Bertz CT molecular complexity index is 515. The number of aliphatic hydroxyl groups excluding tert-OH is 1. The minimum atomic E-state index is -0.429. The molecule has 1 N–H and O–H groups in total. The zero-order valence-corrected chi connectivity index (χ0v) is 14.7. The summed E-state index contributed by atoms with van der Waals surface area (Å²) in [6.07, 6.45) is 1.39. The molecule has 0 radical (unpaired) electrons. The van der Waals surface area contributed by atoms with Gasteiger partial charge in [0.05, 0.1) is 13.0 Å². The first-order valence-electron chi connectivity index (χ1n) is 8.20. The highest BCUT2D eigenvalue weighted by Gasteiger charge is 2.21. The van der Waals surface area contributed by atoms with E-state index in [1.54, 1.807) is 6.92 Å². The zero-order valence-electron chi connectivity index (χ0n) is 14.7. The number of ether oxygens (including phenoxy) is 2. The van der Waals surface area contributed by atoms with Crippen LogP contribution in [0.4, 0.5) is 0 Å². The van der Waals surface area contributed by atoms with Gasteiger partial charge in [0.25, 0.3) is 5.91 Å². The monoisotopic (exact) mass is 337 g/mol. The zero-order chi connectivity index (χ0) is 17.9. The Kier molecular flexibility index (Phi) is 8.86. The third kappa shape index (κ3) is 6.58. The summed E-state index contributed by atoms with van der Waals surface area (Å²) in [4.78, 5) is 25.4. The number of amides is 1. The maximum Gasteiger partial charge on any atom is 0.310 e. The minimum Gasteiger partial charge on any atom is -0.484 e. The van der Waals surface area contributed by atoms with Crippen molar-refractivity contribution in [3.05, 3.63) is 29.8 Å². The molecule has 6 nitrogen and oxygen atoms in total. The number of rotatable bonds is 10. The number of methoxy groups -OCH3 is 1. The topological polar surface area (TPSA) is 76.1 Å². The Morgan fingerprint density at radius 1 is 1.25 bits per heavy atom. The van der Waals surface area contributed by atoms with E-state index in [-0.39, 0.29) is 31.6 Å². The number of hydrogen-bond donors (Lipinski definition) is 1. The maximum atomic E-state index is 12.4. The van der Waals surface area contributed by atoms with Gasteiger partial charge in [-0.05, 0) is 30.5 Å². The van der Waals surface area contributed by atoms with Crippen molar-refractivity contribution in [3.8, 4) is 5.75 Å². The van der Waals surface area contributed by atoms with Crippen LogP contribution in [0.1, 0.15) is 25.8 Å². The molecule has 1 aromatic rings. The van der Waals surface area contributed by atoms with Crippen molar-refractivity contribution in [2.75, 3.05) is 33.4 Å². The first kappa shape index (κ1) is 20.0. The highest BCUT2D eigenvalue weighted by atomic mass is 16.5. The lowest BCUT2D eigenvalue weighted by Gasteiger charge is -2.25. The molecule has 0 aliphatic carbocycles. The summed E-state index contributed by atoms with van der Waals surface area (Å²) < 4.78 is 10.2. The normalized spacial score (nSPS) is 11.7. The van der Waals surface area contributed by atoms with Crippen LogP contribution in [0, 0.1) is 5.92 Å². The number of hydrogen-bond acceptors (Lipinski definition) is 5. The van der Waals surface area contributed by atoms with E-state index < -0.39 is 5.92 Å². The smallest absolute Gasteiger partial charge is 0.310 e. The van der Waals surface area contributed by atoms with Gasteiger partial charge >= 0.3 is 5.97 Å². The van der Waals surface area contributed by atoms with Crippen LogP contribution in [0.3, 0.4) is 0 Å². The molecular weight excluding hydrogens is 310 g/mol. The number of aliphatic hydroxyl groups is 1. The second-order valence-electron chi connectivity index (χ2n) is 5.63. The Morgan fingerprint density at radius 2 is 1.92 bits per heavy atom. The fourth-order valence-electron chi connectivity index (χ4n) is 2.24. The molecule has 0 aromatic heterocycles. The van der Waals surface area contributed by atoms with Gasteiger partial charge in [-0.1, -0.05) is 26.0 Å². The molecule has 0 aliphatic rings. The van der Waals surface area contributed by atoms with Crippen LogP contribution in [-0.2, 0) is 20.7 Å². The summed E-state index contributed by atoms with van der Waals surface area (Å²) in [6.45, 7) is 4.26. The molecule has 0 saturated carbocycles. The van der Waals surface area contributed by atoms with E-state index in [1.165, 1.54) is 17.6 Å². The van der Waals surface area contributed by atoms with E-state index in [0.717, 1.165) is 6.42 Å². The number of carbonyl (C=O) groups is 2. The van der Waals surface area contributed by atoms with Crippen LogP contribution in [0.2, 0.25) is 0 Å². The van der Waals surface area contributed by atoms with Gasteiger partial charge < -0.3 is 19.5 Å². The fraction of sp³-hybridized carbons (Fsp3) is 0.556. The van der Waals surface area contributed by atoms with E-state index in [2.05, 4.69) is 6.92 Å². The third-order valence-corrected chi connectivity index (χ3v) is 3.73. The first-order chi connectivity index (χ1) is 11.5. The number of aryl methyl sites for hydroxylation is 1. The van der Waals surface area contributed by atoms with E-state index >= 15 is 0 Å². The number of nitrogens with zero attached hydrogens (tertiary/aromatic N) is 1. The lowest BCUT2D eigenvalue weighted by Crippen LogP contribution is -2.40. The molecule has 0 spiro atoms. The molecule has 0 fully saturated rings. The highest BCUT2D eigenvalue weighted by molar-refractivity contribution is 5.79. The molecule has 1 unspecified atom stereocenters. The van der Waals surface area contributed by atoms with Crippen molar-refractivity contribution in [3.63, 3.8) is 0 Å². The highest BCUT2D eigenvalue weighted by Crippen LogP contribution is 2.13. The molecule has 0 heterocycles. The summed E-state index contributed by atoms with van der Waals surface area (Å²) in [5, 5.41) is 8.98. The quantitative estimate of drug-likeness (QED) is 0.657. The van der Waals surface area contributed by atoms with E-state index in [9.17, 15) is 9.59 Å². The predicted molar refractivity (Wildman–Crippen MR) is 90.8 cm³/mol. The Balaban J connectivity index is 2.60. The lowest BCUT2D eigenvalue weighted by molar-refractivity contribution is -0.146. The van der Waals surface area contributed by atoms with E-state index in [0.29, 0.717) is 18.7 Å². The SMILES string of the molecule is CCc1ccc(OCC(=O)N(CCCO)CC(C)C(=O)OC)cc1. The van der Waals surface area contributed by atoms with Crippen molar-refractivity contribution in [2.45, 2.75) is 26.7 Å². The van der Waals surface area contributed by atoms with Gasteiger partial charge in [0.15, 0.2) is 6.61 Å². The van der Waals surface area contributed by atoms with Crippen LogP contribution in [0.25, 0.3) is 0 Å². The molecule has 1 amide bonds. The average molecular weight is 337 g/mol. The van der Waals surface area contributed by atoms with Gasteiger partial charge in [-0.25, -0.2) is 0 Å². The van der Waals surface area contributed by atoms with Crippen LogP contribution >= 0.6 is 0 Å². The average Bonchev–Trinajstić information content (AvgIpc) is 2.62. The van der Waals surface area contributed by atoms with E-state index in [1.807, 2.05) is 24.3 Å². The summed E-state index contributed by atoms with van der Waals surface area (Å²) in [6, 6.07) is 7.59. The molecule has 0 aliphatic heterocycles.